The molecular weight excluding hydrogens is 899 g/mol. The van der Waals surface area contributed by atoms with E-state index in [4.69, 9.17) is 9.47 Å². The summed E-state index contributed by atoms with van der Waals surface area (Å²) in [5.41, 5.74) is 0. The SMILES string of the molecule is CC/C=C\C/C=C\C/C=C\C/C=C\C/C=C\C/C=C\C/C=C\CCCCCCCC(=O)NC(COC1OC(CO)C(O)C(O)C1O)C(O)/C=C/CC/C=C/CC/C=C/CCCCCCCCCCCCCC. The summed E-state index contributed by atoms with van der Waals surface area (Å²) in [4.78, 5) is 13.1. The maximum Gasteiger partial charge on any atom is 0.220 e. The normalized spacial score (nSPS) is 20.1. The smallest absolute Gasteiger partial charge is 0.220 e. The van der Waals surface area contributed by atoms with E-state index in [0.717, 1.165) is 116 Å². The molecule has 1 amide bonds. The van der Waals surface area contributed by atoms with Gasteiger partial charge in [0, 0.05) is 6.42 Å². The van der Waals surface area contributed by atoms with Crippen molar-refractivity contribution in [1.29, 1.82) is 0 Å². The van der Waals surface area contributed by atoms with E-state index in [9.17, 15) is 30.3 Å². The molecule has 72 heavy (non-hydrogen) atoms. The van der Waals surface area contributed by atoms with Crippen LogP contribution in [0.15, 0.2) is 122 Å². The van der Waals surface area contributed by atoms with Gasteiger partial charge in [-0.2, -0.15) is 0 Å². The number of hydrogen-bond acceptors (Lipinski definition) is 8. The first-order chi connectivity index (χ1) is 35.3. The van der Waals surface area contributed by atoms with Crippen LogP contribution in [0.3, 0.4) is 0 Å². The molecule has 1 aliphatic rings. The van der Waals surface area contributed by atoms with Crippen LogP contribution >= 0.6 is 0 Å². The van der Waals surface area contributed by atoms with Gasteiger partial charge in [0.25, 0.3) is 0 Å². The maximum atomic E-state index is 13.1. The van der Waals surface area contributed by atoms with E-state index in [1.165, 1.54) is 77.0 Å². The lowest BCUT2D eigenvalue weighted by Gasteiger charge is -2.40. The second-order valence-electron chi connectivity index (χ2n) is 19.3. The zero-order chi connectivity index (χ0) is 52.2. The molecule has 1 aliphatic heterocycles. The molecule has 9 nitrogen and oxygen atoms in total. The summed E-state index contributed by atoms with van der Waals surface area (Å²) in [6.45, 7) is 3.63. The summed E-state index contributed by atoms with van der Waals surface area (Å²) in [6.07, 6.45) is 69.7. The lowest BCUT2D eigenvalue weighted by atomic mass is 9.99. The van der Waals surface area contributed by atoms with Crippen LogP contribution in [0.25, 0.3) is 0 Å². The van der Waals surface area contributed by atoms with Crippen LogP contribution in [0.2, 0.25) is 0 Å². The minimum absolute atomic E-state index is 0.215. The van der Waals surface area contributed by atoms with E-state index in [2.05, 4.69) is 129 Å². The number of hydrogen-bond donors (Lipinski definition) is 6. The van der Waals surface area contributed by atoms with Crippen LogP contribution in [0.1, 0.15) is 213 Å². The van der Waals surface area contributed by atoms with Crippen molar-refractivity contribution in [3.8, 4) is 0 Å². The van der Waals surface area contributed by atoms with Gasteiger partial charge in [0.05, 0.1) is 25.4 Å². The molecule has 0 aromatic heterocycles. The Labute approximate surface area is 439 Å². The first-order valence-corrected chi connectivity index (χ1v) is 28.8. The maximum absolute atomic E-state index is 13.1. The lowest BCUT2D eigenvalue weighted by molar-refractivity contribution is -0.302. The predicted molar refractivity (Wildman–Crippen MR) is 304 cm³/mol. The number of rotatable bonds is 47. The summed E-state index contributed by atoms with van der Waals surface area (Å²) in [7, 11) is 0. The Morgan fingerprint density at radius 1 is 0.486 bits per heavy atom. The molecule has 7 atom stereocenters. The molecule has 0 saturated carbocycles. The van der Waals surface area contributed by atoms with Crippen molar-refractivity contribution < 1.29 is 39.8 Å². The molecule has 0 spiro atoms. The third-order valence-corrected chi connectivity index (χ3v) is 12.7. The number of ether oxygens (including phenoxy) is 2. The molecule has 0 aromatic carbocycles. The number of carbonyl (C=O) groups is 1. The number of unbranched alkanes of at least 4 members (excludes halogenated alkanes) is 19. The van der Waals surface area contributed by atoms with Gasteiger partial charge in [-0.05, 0) is 103 Å². The average molecular weight is 1000 g/mol. The molecule has 1 saturated heterocycles. The van der Waals surface area contributed by atoms with E-state index >= 15 is 0 Å². The van der Waals surface area contributed by atoms with Crippen LogP contribution in [0.4, 0.5) is 0 Å². The predicted octanol–water partition coefficient (Wildman–Crippen LogP) is 14.3. The average Bonchev–Trinajstić information content (AvgIpc) is 3.38. The highest BCUT2D eigenvalue weighted by Gasteiger charge is 2.44. The highest BCUT2D eigenvalue weighted by Crippen LogP contribution is 2.23. The fourth-order valence-electron chi connectivity index (χ4n) is 8.23. The monoisotopic (exact) mass is 1000 g/mol. The summed E-state index contributed by atoms with van der Waals surface area (Å²) < 4.78 is 11.2. The van der Waals surface area contributed by atoms with Gasteiger partial charge in [-0.1, -0.05) is 225 Å². The van der Waals surface area contributed by atoms with Crippen LogP contribution in [0.5, 0.6) is 0 Å². The summed E-state index contributed by atoms with van der Waals surface area (Å²) in [6, 6.07) is -0.849. The van der Waals surface area contributed by atoms with Gasteiger partial charge in [0.15, 0.2) is 6.29 Å². The van der Waals surface area contributed by atoms with Gasteiger partial charge in [-0.3, -0.25) is 4.79 Å². The number of carbonyl (C=O) groups excluding carboxylic acids is 1. The fraction of sp³-hybridized carbons (Fsp3) is 0.667. The Kier molecular flexibility index (Phi) is 47.3. The third kappa shape index (κ3) is 40.0. The second-order valence-corrected chi connectivity index (χ2v) is 19.3. The van der Waals surface area contributed by atoms with E-state index in [-0.39, 0.29) is 12.5 Å². The quantitative estimate of drug-likeness (QED) is 0.0261. The van der Waals surface area contributed by atoms with Crippen molar-refractivity contribution in [1.82, 2.24) is 5.32 Å². The van der Waals surface area contributed by atoms with Crippen molar-refractivity contribution in [2.24, 2.45) is 0 Å². The van der Waals surface area contributed by atoms with E-state index < -0.39 is 49.5 Å². The van der Waals surface area contributed by atoms with E-state index in [1.54, 1.807) is 6.08 Å². The topological polar surface area (TPSA) is 149 Å². The van der Waals surface area contributed by atoms with Gasteiger partial charge in [-0.15, -0.1) is 0 Å². The highest BCUT2D eigenvalue weighted by molar-refractivity contribution is 5.76. The van der Waals surface area contributed by atoms with Crippen molar-refractivity contribution in [2.45, 2.75) is 256 Å². The van der Waals surface area contributed by atoms with Gasteiger partial charge >= 0.3 is 0 Å². The summed E-state index contributed by atoms with van der Waals surface area (Å²) >= 11 is 0. The molecule has 0 aliphatic carbocycles. The number of allylic oxidation sites excluding steroid dienone is 19. The van der Waals surface area contributed by atoms with Crippen LogP contribution in [0, 0.1) is 0 Å². The molecule has 1 fully saturated rings. The lowest BCUT2D eigenvalue weighted by Crippen LogP contribution is -2.60. The molecule has 0 radical (unpaired) electrons. The van der Waals surface area contributed by atoms with E-state index in [1.807, 2.05) is 6.08 Å². The van der Waals surface area contributed by atoms with Gasteiger partial charge in [0.1, 0.15) is 24.4 Å². The molecule has 1 heterocycles. The first kappa shape index (κ1) is 66.6. The summed E-state index contributed by atoms with van der Waals surface area (Å²) in [5, 5.41) is 54.5. The molecule has 1 rings (SSSR count). The minimum atomic E-state index is -1.59. The Bertz CT molecular complexity index is 1540. The van der Waals surface area contributed by atoms with Crippen LogP contribution < -0.4 is 5.32 Å². The largest absolute Gasteiger partial charge is 0.394 e. The number of aliphatic hydroxyl groups excluding tert-OH is 5. The fourth-order valence-corrected chi connectivity index (χ4v) is 8.23. The number of aliphatic hydroxyl groups is 5. The minimum Gasteiger partial charge on any atom is -0.394 e. The standard InChI is InChI=1S/C63H105NO8/c1-3-5-7-9-11-13-15-17-19-21-23-25-27-28-29-30-31-33-35-37-39-41-43-45-47-49-51-53-59(67)64-56(55-71-63-62(70)61(69)60(68)58(54-65)72-63)57(66)52-50-48-46-44-42-40-38-36-34-32-26-24-22-20-18-16-14-12-10-8-6-4-2/h5,7,11,13,17,19,23,25,28-29,31,33-34,36-37,39,42,44,50,52,56-58,60-63,65-66,68-70H,3-4,6,8-10,12,14-16,18,20-22,24,26-27,30,32,35,38,40-41,43,45-49,51,53-55H2,1-2H3,(H,64,67)/b7-5-,13-11-,19-17-,25-23-,29-28-,33-31-,36-34+,39-37-,44-42+,52-50+. The zero-order valence-corrected chi connectivity index (χ0v) is 45.4. The molecule has 7 unspecified atom stereocenters. The van der Waals surface area contributed by atoms with Crippen molar-refractivity contribution >= 4 is 5.91 Å². The first-order valence-electron chi connectivity index (χ1n) is 28.8. The molecule has 0 aromatic rings. The Morgan fingerprint density at radius 2 is 0.875 bits per heavy atom. The molecule has 6 N–H and O–H groups in total. The van der Waals surface area contributed by atoms with Gasteiger partial charge in [-0.25, -0.2) is 0 Å². The van der Waals surface area contributed by atoms with Crippen LogP contribution in [-0.2, 0) is 14.3 Å². The van der Waals surface area contributed by atoms with Crippen molar-refractivity contribution in [3.63, 3.8) is 0 Å². The third-order valence-electron chi connectivity index (χ3n) is 12.7. The zero-order valence-electron chi connectivity index (χ0n) is 45.4. The summed E-state index contributed by atoms with van der Waals surface area (Å²) in [5.74, 6) is -0.215. The Morgan fingerprint density at radius 3 is 1.33 bits per heavy atom. The number of amides is 1. The van der Waals surface area contributed by atoms with E-state index in [0.29, 0.717) is 6.42 Å². The Hall–Kier alpha value is -3.41. The molecule has 0 bridgehead atoms. The van der Waals surface area contributed by atoms with Crippen LogP contribution in [-0.4, -0.2) is 87.5 Å². The highest BCUT2D eigenvalue weighted by atomic mass is 16.7. The van der Waals surface area contributed by atoms with Gasteiger partial charge < -0.3 is 40.3 Å². The molecule has 9 heteroatoms. The van der Waals surface area contributed by atoms with Gasteiger partial charge in [0.2, 0.25) is 5.91 Å². The molecular formula is C63H105NO8. The van der Waals surface area contributed by atoms with Crippen molar-refractivity contribution in [3.05, 3.63) is 122 Å². The second kappa shape index (κ2) is 51.1. The van der Waals surface area contributed by atoms with Crippen molar-refractivity contribution in [2.75, 3.05) is 13.2 Å². The number of nitrogens with one attached hydrogen (secondary N) is 1. The Balaban J connectivity index is 2.32. The molecule has 410 valence electrons.